The third-order valence-corrected chi connectivity index (χ3v) is 3.46. The van der Waals surface area contributed by atoms with Crippen LogP contribution in [-0.4, -0.2) is 45.8 Å². The van der Waals surface area contributed by atoms with Crippen LogP contribution in [0.1, 0.15) is 24.9 Å². The van der Waals surface area contributed by atoms with Crippen molar-refractivity contribution in [1.82, 2.24) is 10.2 Å². The molecule has 0 aliphatic carbocycles. The van der Waals surface area contributed by atoms with Gasteiger partial charge in [0, 0.05) is 13.0 Å². The third-order valence-electron chi connectivity index (χ3n) is 3.46. The molecule has 2 amide bonds. The minimum atomic E-state index is -1.09. The zero-order valence-electron chi connectivity index (χ0n) is 11.2. The molecule has 108 valence electrons. The second-order valence-electron chi connectivity index (χ2n) is 4.98. The summed E-state index contributed by atoms with van der Waals surface area (Å²) in [5, 5.41) is 21.4. The van der Waals surface area contributed by atoms with Crippen LogP contribution in [0.4, 0.5) is 4.79 Å². The van der Waals surface area contributed by atoms with Gasteiger partial charge in [0.25, 0.3) is 0 Å². The molecule has 6 heteroatoms. The number of aliphatic hydroxyl groups is 1. The molecule has 1 aliphatic heterocycles. The summed E-state index contributed by atoms with van der Waals surface area (Å²) in [7, 11) is 0. The van der Waals surface area contributed by atoms with Crippen molar-refractivity contribution >= 4 is 12.0 Å². The van der Waals surface area contributed by atoms with Crippen molar-refractivity contribution in [2.24, 2.45) is 0 Å². The minimum absolute atomic E-state index is 0.0459. The monoisotopic (exact) mass is 278 g/mol. The zero-order valence-corrected chi connectivity index (χ0v) is 11.2. The summed E-state index contributed by atoms with van der Waals surface area (Å²) in [4.78, 5) is 24.4. The van der Waals surface area contributed by atoms with Gasteiger partial charge in [-0.15, -0.1) is 0 Å². The molecule has 2 rings (SSSR count). The van der Waals surface area contributed by atoms with Crippen LogP contribution >= 0.6 is 0 Å². The highest BCUT2D eigenvalue weighted by atomic mass is 16.4. The Morgan fingerprint density at radius 2 is 2.00 bits per heavy atom. The van der Waals surface area contributed by atoms with Gasteiger partial charge >= 0.3 is 12.0 Å². The first kappa shape index (κ1) is 14.3. The van der Waals surface area contributed by atoms with Gasteiger partial charge in [-0.1, -0.05) is 30.3 Å². The van der Waals surface area contributed by atoms with E-state index in [4.69, 9.17) is 5.11 Å². The Morgan fingerprint density at radius 3 is 2.60 bits per heavy atom. The quantitative estimate of drug-likeness (QED) is 0.768. The smallest absolute Gasteiger partial charge is 0.326 e. The Bertz CT molecular complexity index is 491. The molecule has 1 aliphatic rings. The number of nitrogens with zero attached hydrogens (tertiary/aromatic N) is 1. The molecule has 0 bridgehead atoms. The van der Waals surface area contributed by atoms with Gasteiger partial charge < -0.3 is 20.4 Å². The van der Waals surface area contributed by atoms with Gasteiger partial charge in [-0.25, -0.2) is 9.59 Å². The fourth-order valence-electron chi connectivity index (χ4n) is 2.37. The first-order chi connectivity index (χ1) is 9.49. The van der Waals surface area contributed by atoms with Gasteiger partial charge in [-0.2, -0.15) is 0 Å². The maximum absolute atomic E-state index is 12.1. The maximum atomic E-state index is 12.1. The van der Waals surface area contributed by atoms with E-state index in [0.717, 1.165) is 5.56 Å². The lowest BCUT2D eigenvalue weighted by Crippen LogP contribution is -2.46. The van der Waals surface area contributed by atoms with Gasteiger partial charge in [0.05, 0.1) is 12.1 Å². The van der Waals surface area contributed by atoms with E-state index in [-0.39, 0.29) is 19.0 Å². The number of carbonyl (C=O) groups excluding carboxylic acids is 1. The number of aliphatic carboxylic acids is 1. The van der Waals surface area contributed by atoms with Gasteiger partial charge in [0.15, 0.2) is 0 Å². The Labute approximate surface area is 117 Å². The fourth-order valence-corrected chi connectivity index (χ4v) is 2.37. The van der Waals surface area contributed by atoms with E-state index in [1.54, 1.807) is 0 Å². The van der Waals surface area contributed by atoms with Crippen LogP contribution in [0.15, 0.2) is 30.3 Å². The molecular weight excluding hydrogens is 260 g/mol. The number of likely N-dealkylation sites (tertiary alicyclic amines) is 1. The molecule has 0 saturated carbocycles. The second-order valence-corrected chi connectivity index (χ2v) is 4.98. The van der Waals surface area contributed by atoms with E-state index in [1.807, 2.05) is 37.3 Å². The largest absolute Gasteiger partial charge is 0.480 e. The molecule has 1 aromatic carbocycles. The molecule has 3 N–H and O–H groups in total. The molecule has 0 radical (unpaired) electrons. The second kappa shape index (κ2) is 5.92. The Morgan fingerprint density at radius 1 is 1.35 bits per heavy atom. The Hall–Kier alpha value is -2.08. The van der Waals surface area contributed by atoms with Gasteiger partial charge in [0.2, 0.25) is 0 Å². The number of carboxylic acids is 1. The van der Waals surface area contributed by atoms with Crippen LogP contribution in [0.5, 0.6) is 0 Å². The number of benzene rings is 1. The number of hydrogen-bond acceptors (Lipinski definition) is 3. The van der Waals surface area contributed by atoms with Gasteiger partial charge in [0.1, 0.15) is 6.04 Å². The molecule has 2 unspecified atom stereocenters. The van der Waals surface area contributed by atoms with Crippen molar-refractivity contribution in [3.8, 4) is 0 Å². The molecule has 0 aromatic heterocycles. The predicted octanol–water partition coefficient (Wildman–Crippen LogP) is 0.977. The lowest BCUT2D eigenvalue weighted by Gasteiger charge is -2.24. The Kier molecular flexibility index (Phi) is 4.24. The zero-order chi connectivity index (χ0) is 14.7. The number of carboxylic acid groups (broad SMARTS) is 1. The number of nitrogens with one attached hydrogen (secondary N) is 1. The number of aliphatic hydroxyl groups excluding tert-OH is 1. The van der Waals surface area contributed by atoms with Gasteiger partial charge in [-0.3, -0.25) is 0 Å². The number of hydrogen-bond donors (Lipinski definition) is 3. The lowest BCUT2D eigenvalue weighted by atomic mass is 10.1. The maximum Gasteiger partial charge on any atom is 0.326 e. The number of β-amino-alcohol motifs (C(OH)–C–C–N with tert-alkyl or cyclic N) is 1. The standard InChI is InChI=1S/C14H18N2O4/c1-9(10-5-3-2-4-6-10)15-14(20)16-8-11(17)7-12(16)13(18)19/h2-6,9,11-12,17H,7-8H2,1H3,(H,15,20)(H,18,19)/t9?,11?,12-/m0/s1. The minimum Gasteiger partial charge on any atom is -0.480 e. The number of urea groups is 1. The lowest BCUT2D eigenvalue weighted by molar-refractivity contribution is -0.141. The van der Waals surface area contributed by atoms with Crippen LogP contribution in [0.2, 0.25) is 0 Å². The third kappa shape index (κ3) is 3.08. The molecule has 1 fully saturated rings. The molecule has 1 saturated heterocycles. The predicted molar refractivity (Wildman–Crippen MR) is 72.1 cm³/mol. The summed E-state index contributed by atoms with van der Waals surface area (Å²) in [6.45, 7) is 1.87. The van der Waals surface area contributed by atoms with Crippen LogP contribution in [0.3, 0.4) is 0 Å². The highest BCUT2D eigenvalue weighted by molar-refractivity contribution is 5.83. The van der Waals surface area contributed by atoms with E-state index in [1.165, 1.54) is 4.90 Å². The van der Waals surface area contributed by atoms with Crippen molar-refractivity contribution in [1.29, 1.82) is 0 Å². The van der Waals surface area contributed by atoms with Crippen LogP contribution in [-0.2, 0) is 4.79 Å². The van der Waals surface area contributed by atoms with Crippen molar-refractivity contribution in [2.75, 3.05) is 6.54 Å². The number of rotatable bonds is 3. The molecular formula is C14H18N2O4. The van der Waals surface area contributed by atoms with Crippen molar-refractivity contribution in [3.05, 3.63) is 35.9 Å². The van der Waals surface area contributed by atoms with Crippen LogP contribution in [0.25, 0.3) is 0 Å². The average molecular weight is 278 g/mol. The molecule has 3 atom stereocenters. The van der Waals surface area contributed by atoms with Crippen molar-refractivity contribution in [3.63, 3.8) is 0 Å². The van der Waals surface area contributed by atoms with E-state index in [2.05, 4.69) is 5.32 Å². The Balaban J connectivity index is 2.02. The molecule has 1 heterocycles. The number of carbonyl (C=O) groups is 2. The van der Waals surface area contributed by atoms with Gasteiger partial charge in [-0.05, 0) is 12.5 Å². The molecule has 0 spiro atoms. The highest BCUT2D eigenvalue weighted by Gasteiger charge is 2.39. The van der Waals surface area contributed by atoms with E-state index < -0.39 is 24.1 Å². The summed E-state index contributed by atoms with van der Waals surface area (Å²) in [6.07, 6.45) is -0.712. The summed E-state index contributed by atoms with van der Waals surface area (Å²) in [5.41, 5.74) is 0.937. The van der Waals surface area contributed by atoms with E-state index in [0.29, 0.717) is 0 Å². The SMILES string of the molecule is CC(NC(=O)N1CC(O)C[C@H]1C(=O)O)c1ccccc1. The van der Waals surface area contributed by atoms with Crippen molar-refractivity contribution < 1.29 is 19.8 Å². The molecule has 20 heavy (non-hydrogen) atoms. The first-order valence-electron chi connectivity index (χ1n) is 6.52. The summed E-state index contributed by atoms with van der Waals surface area (Å²) < 4.78 is 0. The van der Waals surface area contributed by atoms with E-state index in [9.17, 15) is 14.7 Å². The average Bonchev–Trinajstić information content (AvgIpc) is 2.82. The summed E-state index contributed by atoms with van der Waals surface area (Å²) in [5.74, 6) is -1.09. The summed E-state index contributed by atoms with van der Waals surface area (Å²) in [6, 6.07) is 7.75. The first-order valence-corrected chi connectivity index (χ1v) is 6.52. The van der Waals surface area contributed by atoms with E-state index >= 15 is 0 Å². The van der Waals surface area contributed by atoms with Crippen LogP contribution < -0.4 is 5.32 Å². The van der Waals surface area contributed by atoms with Crippen molar-refractivity contribution in [2.45, 2.75) is 31.5 Å². The normalized spacial score (nSPS) is 23.4. The summed E-state index contributed by atoms with van der Waals surface area (Å²) >= 11 is 0. The molecule has 1 aromatic rings. The number of amides is 2. The topological polar surface area (TPSA) is 89.9 Å². The van der Waals surface area contributed by atoms with Crippen LogP contribution in [0, 0.1) is 0 Å². The highest BCUT2D eigenvalue weighted by Crippen LogP contribution is 2.19. The fraction of sp³-hybridized carbons (Fsp3) is 0.429. The molecule has 6 nitrogen and oxygen atoms in total.